The lowest BCUT2D eigenvalue weighted by atomic mass is 9.33. The first kappa shape index (κ1) is 48.2. The molecule has 81 heavy (non-hydrogen) atoms. The Morgan fingerprint density at radius 2 is 0.580 bits per heavy atom. The summed E-state index contributed by atoms with van der Waals surface area (Å²) in [6.07, 6.45) is 0. The largest absolute Gasteiger partial charge is 0.311 e. The van der Waals surface area contributed by atoms with Crippen molar-refractivity contribution in [1.82, 2.24) is 0 Å². The Labute approximate surface area is 475 Å². The number of anilines is 6. The number of fused-ring (bicyclic) bond motifs is 6. The average molecular weight is 1030 g/mol. The zero-order chi connectivity index (χ0) is 54.2. The van der Waals surface area contributed by atoms with Crippen LogP contribution < -0.4 is 26.2 Å². The van der Waals surface area contributed by atoms with Gasteiger partial charge in [0.05, 0.1) is 0 Å². The molecule has 2 aliphatic rings. The summed E-state index contributed by atoms with van der Waals surface area (Å²) in [6.45, 7) is 7.00. The van der Waals surface area contributed by atoms with Gasteiger partial charge in [-0.25, -0.2) is 0 Å². The predicted molar refractivity (Wildman–Crippen MR) is 347 cm³/mol. The maximum atomic E-state index is 2.58. The summed E-state index contributed by atoms with van der Waals surface area (Å²) in [5.41, 5.74) is 26.5. The van der Waals surface area contributed by atoms with Gasteiger partial charge in [0.2, 0.25) is 0 Å². The van der Waals surface area contributed by atoms with Gasteiger partial charge in [0.25, 0.3) is 6.71 Å². The van der Waals surface area contributed by atoms with Crippen LogP contribution in [0.25, 0.3) is 88.3 Å². The van der Waals surface area contributed by atoms with Crippen LogP contribution in [0.15, 0.2) is 291 Å². The van der Waals surface area contributed by atoms with Crippen molar-refractivity contribution in [1.29, 1.82) is 0 Å². The summed E-state index contributed by atoms with van der Waals surface area (Å²) in [5, 5.41) is 4.98. The summed E-state index contributed by atoms with van der Waals surface area (Å²) in [6, 6.07) is 108. The number of rotatable bonds is 8. The van der Waals surface area contributed by atoms with Crippen molar-refractivity contribution in [2.75, 3.05) is 9.80 Å². The van der Waals surface area contributed by atoms with Crippen molar-refractivity contribution in [2.24, 2.45) is 0 Å². The third-order valence-electron chi connectivity index (χ3n) is 17.0. The fourth-order valence-corrected chi connectivity index (χ4v) is 13.0. The van der Waals surface area contributed by atoms with E-state index in [1.807, 2.05) is 0 Å². The molecule has 0 saturated heterocycles. The predicted octanol–water partition coefficient (Wildman–Crippen LogP) is 19.4. The fraction of sp³-hybridized carbons (Fsp3) is 0.0513. The Morgan fingerprint density at radius 3 is 1.01 bits per heavy atom. The van der Waals surface area contributed by atoms with E-state index in [9.17, 15) is 0 Å². The quantitative estimate of drug-likeness (QED) is 0.111. The minimum absolute atomic E-state index is 0.0614. The number of benzene rings is 13. The van der Waals surface area contributed by atoms with E-state index in [-0.39, 0.29) is 12.1 Å². The van der Waals surface area contributed by atoms with Gasteiger partial charge in [0.15, 0.2) is 0 Å². The standard InChI is InChI=1S/C78H57BN2/c1-78(2,3)62-50-73-77-74(51-62)81(64-42-35-56(36-43-64)53-23-11-5-12-24-53)72-49-61(59-37-44-67-68(47-59)76(58-29-17-8-18-30-58)66-32-20-19-31-65(66)75(67)57-27-15-7-16-28-57)39-46-70(72)79(77)69-45-38-60(54-25-13-6-14-26-54)48-71(69)80(73)63-40-33-55(34-41-63)52-21-9-4-10-22-52/h4-51H,1-3H3. The van der Waals surface area contributed by atoms with E-state index in [0.29, 0.717) is 0 Å². The van der Waals surface area contributed by atoms with E-state index in [0.717, 1.165) is 11.4 Å². The van der Waals surface area contributed by atoms with Crippen LogP contribution in [0.2, 0.25) is 0 Å². The van der Waals surface area contributed by atoms with Gasteiger partial charge >= 0.3 is 0 Å². The van der Waals surface area contributed by atoms with E-state index in [1.54, 1.807) is 0 Å². The van der Waals surface area contributed by atoms with Crippen LogP contribution in [0.1, 0.15) is 26.3 Å². The second kappa shape index (κ2) is 19.4. The maximum Gasteiger partial charge on any atom is 0.252 e. The topological polar surface area (TPSA) is 6.48 Å². The minimum atomic E-state index is -0.175. The number of hydrogen-bond donors (Lipinski definition) is 0. The van der Waals surface area contributed by atoms with Gasteiger partial charge in [-0.05, 0) is 170 Å². The molecular formula is C78H57BN2. The molecule has 0 radical (unpaired) electrons. The molecule has 0 saturated carbocycles. The third-order valence-corrected chi connectivity index (χ3v) is 17.0. The summed E-state index contributed by atoms with van der Waals surface area (Å²) in [4.78, 5) is 5.14. The molecule has 0 amide bonds. The van der Waals surface area contributed by atoms with Crippen LogP contribution in [-0.2, 0) is 5.41 Å². The Morgan fingerprint density at radius 1 is 0.259 bits per heavy atom. The molecule has 0 unspecified atom stereocenters. The molecule has 382 valence electrons. The molecule has 2 nitrogen and oxygen atoms in total. The molecule has 0 aromatic heterocycles. The molecule has 2 aliphatic heterocycles. The van der Waals surface area contributed by atoms with E-state index in [4.69, 9.17) is 0 Å². The zero-order valence-corrected chi connectivity index (χ0v) is 45.7. The van der Waals surface area contributed by atoms with E-state index >= 15 is 0 Å². The first-order valence-corrected chi connectivity index (χ1v) is 28.3. The van der Waals surface area contributed by atoms with E-state index < -0.39 is 0 Å². The molecule has 13 aromatic carbocycles. The fourth-order valence-electron chi connectivity index (χ4n) is 13.0. The first-order valence-electron chi connectivity index (χ1n) is 28.3. The molecule has 0 bridgehead atoms. The van der Waals surface area contributed by atoms with Gasteiger partial charge in [-0.2, -0.15) is 0 Å². The maximum absolute atomic E-state index is 2.58. The van der Waals surface area contributed by atoms with Crippen molar-refractivity contribution in [2.45, 2.75) is 26.2 Å². The molecule has 0 aliphatic carbocycles. The molecular weight excluding hydrogens is 976 g/mol. The van der Waals surface area contributed by atoms with Crippen LogP contribution in [-0.4, -0.2) is 6.71 Å². The van der Waals surface area contributed by atoms with Crippen LogP contribution >= 0.6 is 0 Å². The molecule has 3 heteroatoms. The zero-order valence-electron chi connectivity index (χ0n) is 45.7. The SMILES string of the molecule is CC(C)(C)c1cc2c3c(c1)N(c1ccc(-c4ccccc4)cc1)c1cc(-c4ccc5c(-c6ccccc6)c6ccccc6c(-c6ccccc6)c5c4)ccc1B3c1ccc(-c3ccccc3)cc1N2c1ccc(-c2ccccc2)cc1. The normalized spacial score (nSPS) is 12.6. The van der Waals surface area contributed by atoms with Crippen LogP contribution in [0.4, 0.5) is 34.1 Å². The van der Waals surface area contributed by atoms with Gasteiger partial charge in [-0.1, -0.05) is 257 Å². The second-order valence-corrected chi connectivity index (χ2v) is 22.8. The van der Waals surface area contributed by atoms with Crippen molar-refractivity contribution in [3.8, 4) is 66.8 Å². The van der Waals surface area contributed by atoms with Crippen molar-refractivity contribution < 1.29 is 0 Å². The lowest BCUT2D eigenvalue weighted by Gasteiger charge is -2.45. The van der Waals surface area contributed by atoms with Crippen molar-refractivity contribution in [3.05, 3.63) is 297 Å². The monoisotopic (exact) mass is 1030 g/mol. The molecule has 0 fully saturated rings. The Bertz CT molecular complexity index is 4510. The molecule has 0 spiro atoms. The van der Waals surface area contributed by atoms with Gasteiger partial charge in [-0.3, -0.25) is 0 Å². The Hall–Kier alpha value is -9.96. The summed E-state index contributed by atoms with van der Waals surface area (Å²) in [5.74, 6) is 0. The summed E-state index contributed by atoms with van der Waals surface area (Å²) >= 11 is 0. The molecule has 0 N–H and O–H groups in total. The molecule has 13 aromatic rings. The summed E-state index contributed by atoms with van der Waals surface area (Å²) < 4.78 is 0. The minimum Gasteiger partial charge on any atom is -0.311 e. The van der Waals surface area contributed by atoms with Gasteiger partial charge in [0, 0.05) is 34.1 Å². The number of nitrogens with zero attached hydrogens (tertiary/aromatic N) is 2. The highest BCUT2D eigenvalue weighted by atomic mass is 15.2. The average Bonchev–Trinajstić information content (AvgIpc) is 1.89. The van der Waals surface area contributed by atoms with Crippen LogP contribution in [0.3, 0.4) is 0 Å². The van der Waals surface area contributed by atoms with Gasteiger partial charge in [0.1, 0.15) is 0 Å². The molecule has 2 heterocycles. The van der Waals surface area contributed by atoms with Crippen LogP contribution in [0.5, 0.6) is 0 Å². The van der Waals surface area contributed by atoms with Gasteiger partial charge < -0.3 is 9.80 Å². The van der Waals surface area contributed by atoms with Crippen molar-refractivity contribution >= 4 is 78.8 Å². The van der Waals surface area contributed by atoms with E-state index in [1.165, 1.54) is 133 Å². The molecule has 0 atom stereocenters. The molecule has 15 rings (SSSR count). The second-order valence-electron chi connectivity index (χ2n) is 22.8. The van der Waals surface area contributed by atoms with Gasteiger partial charge in [-0.15, -0.1) is 0 Å². The van der Waals surface area contributed by atoms with Crippen molar-refractivity contribution in [3.63, 3.8) is 0 Å². The number of hydrogen-bond acceptors (Lipinski definition) is 2. The lowest BCUT2D eigenvalue weighted by Crippen LogP contribution is -2.61. The highest BCUT2D eigenvalue weighted by Gasteiger charge is 2.44. The van der Waals surface area contributed by atoms with E-state index in [2.05, 4.69) is 322 Å². The highest BCUT2D eigenvalue weighted by Crippen LogP contribution is 2.49. The van der Waals surface area contributed by atoms with Crippen LogP contribution in [0, 0.1) is 0 Å². The summed E-state index contributed by atoms with van der Waals surface area (Å²) in [7, 11) is 0. The first-order chi connectivity index (χ1) is 39.8. The smallest absolute Gasteiger partial charge is 0.252 e. The lowest BCUT2D eigenvalue weighted by molar-refractivity contribution is 0.590. The Kier molecular flexibility index (Phi) is 11.6. The highest BCUT2D eigenvalue weighted by molar-refractivity contribution is 7.00. The third kappa shape index (κ3) is 8.27. The Balaban J connectivity index is 0.990.